The summed E-state index contributed by atoms with van der Waals surface area (Å²) in [6.07, 6.45) is -0.500. The molecule has 0 aromatic heterocycles. The van der Waals surface area contributed by atoms with E-state index in [-0.39, 0.29) is 12.0 Å². The quantitative estimate of drug-likeness (QED) is 0.848. The van der Waals surface area contributed by atoms with Crippen molar-refractivity contribution in [2.45, 2.75) is 32.3 Å². The van der Waals surface area contributed by atoms with Gasteiger partial charge in [0.05, 0.1) is 13.2 Å². The van der Waals surface area contributed by atoms with Gasteiger partial charge in [-0.2, -0.15) is 0 Å². The minimum Gasteiger partial charge on any atom is -0.497 e. The number of aliphatic hydroxyl groups excluding tert-OH is 1. The molecule has 1 aromatic rings. The van der Waals surface area contributed by atoms with Crippen molar-refractivity contribution in [3.8, 4) is 11.5 Å². The van der Waals surface area contributed by atoms with E-state index in [2.05, 4.69) is 36.7 Å². The van der Waals surface area contributed by atoms with Gasteiger partial charge in [0.1, 0.15) is 18.1 Å². The summed E-state index contributed by atoms with van der Waals surface area (Å²) in [5.41, 5.74) is 1.03. The zero-order valence-electron chi connectivity index (χ0n) is 11.4. The molecule has 1 N–H and O–H groups in total. The smallest absolute Gasteiger partial charge is 0.123 e. The van der Waals surface area contributed by atoms with E-state index in [9.17, 15) is 5.11 Å². The molecule has 0 bridgehead atoms. The van der Waals surface area contributed by atoms with E-state index in [1.807, 2.05) is 18.2 Å². The van der Waals surface area contributed by atoms with Crippen LogP contribution in [0.1, 0.15) is 26.3 Å². The number of aliphatic hydroxyl groups is 1. The van der Waals surface area contributed by atoms with Crippen LogP contribution in [-0.2, 0) is 5.41 Å². The molecule has 0 aliphatic rings. The molecule has 0 saturated carbocycles. The van der Waals surface area contributed by atoms with Gasteiger partial charge < -0.3 is 14.6 Å². The zero-order valence-corrected chi connectivity index (χ0v) is 13.0. The molecular formula is C14H21BrO3. The van der Waals surface area contributed by atoms with Gasteiger partial charge in [0, 0.05) is 10.9 Å². The van der Waals surface area contributed by atoms with Crippen LogP contribution in [0.15, 0.2) is 18.2 Å². The maximum atomic E-state index is 9.52. The maximum absolute atomic E-state index is 9.52. The zero-order chi connectivity index (χ0) is 13.8. The summed E-state index contributed by atoms with van der Waals surface area (Å²) in [6, 6.07) is 5.74. The van der Waals surface area contributed by atoms with Gasteiger partial charge in [-0.05, 0) is 23.6 Å². The van der Waals surface area contributed by atoms with Crippen molar-refractivity contribution in [1.82, 2.24) is 0 Å². The predicted molar refractivity (Wildman–Crippen MR) is 77.0 cm³/mol. The average Bonchev–Trinajstić information content (AvgIpc) is 2.34. The van der Waals surface area contributed by atoms with Crippen LogP contribution in [0.2, 0.25) is 0 Å². The molecule has 0 radical (unpaired) electrons. The molecule has 1 rings (SSSR count). The normalized spacial score (nSPS) is 13.2. The van der Waals surface area contributed by atoms with Crippen molar-refractivity contribution < 1.29 is 14.6 Å². The highest BCUT2D eigenvalue weighted by molar-refractivity contribution is 9.09. The lowest BCUT2D eigenvalue weighted by atomic mass is 9.86. The summed E-state index contributed by atoms with van der Waals surface area (Å²) in [5.74, 6) is 1.61. The highest BCUT2D eigenvalue weighted by Gasteiger charge is 2.20. The lowest BCUT2D eigenvalue weighted by Gasteiger charge is -2.24. The molecule has 0 saturated heterocycles. The van der Waals surface area contributed by atoms with Crippen LogP contribution in [0, 0.1) is 0 Å². The van der Waals surface area contributed by atoms with Gasteiger partial charge in [0.2, 0.25) is 0 Å². The van der Waals surface area contributed by atoms with Gasteiger partial charge in [-0.15, -0.1) is 0 Å². The number of benzene rings is 1. The Kier molecular flexibility index (Phi) is 5.47. The van der Waals surface area contributed by atoms with Crippen molar-refractivity contribution in [3.05, 3.63) is 23.8 Å². The molecule has 0 aliphatic carbocycles. The van der Waals surface area contributed by atoms with Crippen LogP contribution in [0.3, 0.4) is 0 Å². The second-order valence-corrected chi connectivity index (χ2v) is 5.88. The molecule has 18 heavy (non-hydrogen) atoms. The van der Waals surface area contributed by atoms with Crippen molar-refractivity contribution in [3.63, 3.8) is 0 Å². The van der Waals surface area contributed by atoms with Crippen LogP contribution in [0.25, 0.3) is 0 Å². The third-order valence-electron chi connectivity index (χ3n) is 2.60. The summed E-state index contributed by atoms with van der Waals surface area (Å²) >= 11 is 3.22. The fourth-order valence-corrected chi connectivity index (χ4v) is 1.77. The van der Waals surface area contributed by atoms with Crippen LogP contribution in [0.4, 0.5) is 0 Å². The maximum Gasteiger partial charge on any atom is 0.123 e. The number of ether oxygens (including phenoxy) is 2. The summed E-state index contributed by atoms with van der Waals surface area (Å²) in [6.45, 7) is 6.64. The first-order valence-electron chi connectivity index (χ1n) is 5.94. The molecule has 1 aromatic carbocycles. The van der Waals surface area contributed by atoms with Crippen LogP contribution < -0.4 is 9.47 Å². The molecule has 0 fully saturated rings. The van der Waals surface area contributed by atoms with Gasteiger partial charge in [0.25, 0.3) is 0 Å². The molecule has 0 heterocycles. The first kappa shape index (κ1) is 15.3. The Bertz CT molecular complexity index is 385. The Hall–Kier alpha value is -0.740. The molecule has 0 spiro atoms. The van der Waals surface area contributed by atoms with E-state index in [4.69, 9.17) is 9.47 Å². The van der Waals surface area contributed by atoms with Crippen LogP contribution >= 0.6 is 15.9 Å². The monoisotopic (exact) mass is 316 g/mol. The number of halogens is 1. The summed E-state index contributed by atoms with van der Waals surface area (Å²) in [5, 5.41) is 10.0. The standard InChI is InChI=1S/C14H21BrO3/c1-14(2,3)12-7-11(17-4)5-6-13(12)18-9-10(16)8-15/h5-7,10,16H,8-9H2,1-4H3. The fraction of sp³-hybridized carbons (Fsp3) is 0.571. The van der Waals surface area contributed by atoms with E-state index in [0.717, 1.165) is 17.1 Å². The van der Waals surface area contributed by atoms with E-state index in [1.165, 1.54) is 0 Å². The molecule has 1 atom stereocenters. The van der Waals surface area contributed by atoms with Crippen molar-refractivity contribution >= 4 is 15.9 Å². The number of hydrogen-bond acceptors (Lipinski definition) is 3. The van der Waals surface area contributed by atoms with E-state index in [1.54, 1.807) is 7.11 Å². The number of alkyl halides is 1. The summed E-state index contributed by atoms with van der Waals surface area (Å²) in [7, 11) is 1.65. The van der Waals surface area contributed by atoms with E-state index in [0.29, 0.717) is 5.33 Å². The SMILES string of the molecule is COc1ccc(OCC(O)CBr)c(C(C)(C)C)c1. The van der Waals surface area contributed by atoms with Crippen LogP contribution in [0.5, 0.6) is 11.5 Å². The Morgan fingerprint density at radius 3 is 2.50 bits per heavy atom. The van der Waals surface area contributed by atoms with Gasteiger partial charge in [-0.3, -0.25) is 0 Å². The van der Waals surface area contributed by atoms with Crippen molar-refractivity contribution in [2.24, 2.45) is 0 Å². The third kappa shape index (κ3) is 4.18. The Morgan fingerprint density at radius 2 is 2.00 bits per heavy atom. The minimum atomic E-state index is -0.500. The number of methoxy groups -OCH3 is 1. The molecule has 102 valence electrons. The first-order valence-corrected chi connectivity index (χ1v) is 7.06. The minimum absolute atomic E-state index is 0.0385. The van der Waals surface area contributed by atoms with Crippen LogP contribution in [-0.4, -0.2) is 30.3 Å². The molecule has 3 nitrogen and oxygen atoms in total. The second-order valence-electron chi connectivity index (χ2n) is 5.23. The fourth-order valence-electron chi connectivity index (χ4n) is 1.58. The Balaban J connectivity index is 2.96. The van der Waals surface area contributed by atoms with E-state index >= 15 is 0 Å². The Morgan fingerprint density at radius 1 is 1.33 bits per heavy atom. The molecular weight excluding hydrogens is 296 g/mol. The Labute approximate surface area is 117 Å². The van der Waals surface area contributed by atoms with Crippen molar-refractivity contribution in [1.29, 1.82) is 0 Å². The van der Waals surface area contributed by atoms with Crippen molar-refractivity contribution in [2.75, 3.05) is 19.0 Å². The average molecular weight is 317 g/mol. The molecule has 1 unspecified atom stereocenters. The molecule has 0 amide bonds. The topological polar surface area (TPSA) is 38.7 Å². The third-order valence-corrected chi connectivity index (χ3v) is 3.35. The van der Waals surface area contributed by atoms with E-state index < -0.39 is 6.10 Å². The highest BCUT2D eigenvalue weighted by Crippen LogP contribution is 2.34. The number of rotatable bonds is 5. The molecule has 4 heteroatoms. The van der Waals surface area contributed by atoms with Gasteiger partial charge in [-0.1, -0.05) is 36.7 Å². The highest BCUT2D eigenvalue weighted by atomic mass is 79.9. The second kappa shape index (κ2) is 6.43. The predicted octanol–water partition coefficient (Wildman–Crippen LogP) is 3.13. The van der Waals surface area contributed by atoms with Gasteiger partial charge >= 0.3 is 0 Å². The summed E-state index contributed by atoms with van der Waals surface area (Å²) in [4.78, 5) is 0. The number of hydrogen-bond donors (Lipinski definition) is 1. The first-order chi connectivity index (χ1) is 8.38. The largest absolute Gasteiger partial charge is 0.497 e. The van der Waals surface area contributed by atoms with Gasteiger partial charge in [0.15, 0.2) is 0 Å². The lowest BCUT2D eigenvalue weighted by molar-refractivity contribution is 0.126. The van der Waals surface area contributed by atoms with Gasteiger partial charge in [-0.25, -0.2) is 0 Å². The lowest BCUT2D eigenvalue weighted by Crippen LogP contribution is -2.21. The summed E-state index contributed by atoms with van der Waals surface area (Å²) < 4.78 is 10.9. The molecule has 0 aliphatic heterocycles.